The van der Waals surface area contributed by atoms with Crippen LogP contribution in [0.2, 0.25) is 0 Å². The molecule has 0 aliphatic carbocycles. The zero-order valence-electron chi connectivity index (χ0n) is 7.43. The van der Waals surface area contributed by atoms with Gasteiger partial charge in [-0.15, -0.1) is 11.3 Å². The second-order valence-corrected chi connectivity index (χ2v) is 3.65. The largest absolute Gasteiger partial charge is 0.416 e. The molecule has 0 aromatic carbocycles. The fourth-order valence-electron chi connectivity index (χ4n) is 0.864. The minimum Gasteiger partial charge on any atom is -0.382 e. The summed E-state index contributed by atoms with van der Waals surface area (Å²) in [5.41, 5.74) is 1.52. The summed E-state index contributed by atoms with van der Waals surface area (Å²) in [6.45, 7) is 1.28. The van der Waals surface area contributed by atoms with Crippen LogP contribution in [0, 0.1) is 6.92 Å². The topological polar surface area (TPSA) is 32.3 Å². The highest BCUT2D eigenvalue weighted by Gasteiger charge is 2.37. The monoisotopic (exact) mass is 225 g/mol. The molecule has 0 saturated carbocycles. The Morgan fingerprint density at radius 1 is 1.50 bits per heavy atom. The number of thiophene rings is 1. The summed E-state index contributed by atoms with van der Waals surface area (Å²) in [5, 5.41) is 14.8. The molecule has 1 rings (SSSR count). The first kappa shape index (κ1) is 11.3. The van der Waals surface area contributed by atoms with Gasteiger partial charge in [0.1, 0.15) is 0 Å². The van der Waals surface area contributed by atoms with Crippen molar-refractivity contribution >= 4 is 17.0 Å². The number of aliphatic hydroxyl groups is 1. The number of rotatable bonds is 3. The van der Waals surface area contributed by atoms with Gasteiger partial charge in [-0.25, -0.2) is 0 Å². The number of nitrogens with one attached hydrogen (secondary N) is 1. The Morgan fingerprint density at radius 2 is 2.14 bits per heavy atom. The van der Waals surface area contributed by atoms with Crippen LogP contribution in [0.1, 0.15) is 5.56 Å². The predicted molar refractivity (Wildman–Crippen MR) is 49.6 cm³/mol. The van der Waals surface area contributed by atoms with Gasteiger partial charge in [-0.1, -0.05) is 0 Å². The highest BCUT2D eigenvalue weighted by molar-refractivity contribution is 7.08. The highest BCUT2D eigenvalue weighted by Crippen LogP contribution is 2.23. The van der Waals surface area contributed by atoms with Crippen LogP contribution in [-0.4, -0.2) is 23.9 Å². The Balaban J connectivity index is 2.46. The second kappa shape index (κ2) is 4.18. The van der Waals surface area contributed by atoms with Crippen molar-refractivity contribution in [3.63, 3.8) is 0 Å². The summed E-state index contributed by atoms with van der Waals surface area (Å²) >= 11 is 1.40. The third kappa shape index (κ3) is 2.88. The molecule has 1 aromatic heterocycles. The first-order valence-electron chi connectivity index (χ1n) is 3.92. The summed E-state index contributed by atoms with van der Waals surface area (Å²) in [6, 6.07) is 0. The van der Waals surface area contributed by atoms with Gasteiger partial charge < -0.3 is 10.4 Å². The molecule has 80 valence electrons. The molecule has 14 heavy (non-hydrogen) atoms. The van der Waals surface area contributed by atoms with E-state index in [0.717, 1.165) is 5.56 Å². The lowest BCUT2D eigenvalue weighted by Gasteiger charge is -2.15. The number of hydrogen-bond donors (Lipinski definition) is 2. The van der Waals surface area contributed by atoms with Gasteiger partial charge in [-0.2, -0.15) is 13.2 Å². The first-order valence-corrected chi connectivity index (χ1v) is 4.87. The zero-order valence-corrected chi connectivity index (χ0v) is 8.25. The molecule has 2 N–H and O–H groups in total. The van der Waals surface area contributed by atoms with Crippen LogP contribution < -0.4 is 5.32 Å². The summed E-state index contributed by atoms with van der Waals surface area (Å²) in [5.74, 6) is 0. The van der Waals surface area contributed by atoms with Gasteiger partial charge in [0.2, 0.25) is 0 Å². The molecule has 1 aromatic rings. The maximum absolute atomic E-state index is 11.9. The van der Waals surface area contributed by atoms with E-state index in [1.165, 1.54) is 11.3 Å². The van der Waals surface area contributed by atoms with Crippen molar-refractivity contribution in [2.24, 2.45) is 0 Å². The minimum atomic E-state index is -4.56. The molecule has 1 heterocycles. The summed E-state index contributed by atoms with van der Waals surface area (Å²) in [6.07, 6.45) is -6.88. The van der Waals surface area contributed by atoms with Crippen molar-refractivity contribution < 1.29 is 18.3 Å². The van der Waals surface area contributed by atoms with Crippen molar-refractivity contribution in [3.05, 3.63) is 16.3 Å². The van der Waals surface area contributed by atoms with Crippen molar-refractivity contribution in [1.29, 1.82) is 0 Å². The molecule has 0 fully saturated rings. The van der Waals surface area contributed by atoms with Gasteiger partial charge >= 0.3 is 6.18 Å². The van der Waals surface area contributed by atoms with Crippen LogP contribution >= 0.6 is 11.3 Å². The molecule has 0 aliphatic heterocycles. The second-order valence-electron chi connectivity index (χ2n) is 2.91. The van der Waals surface area contributed by atoms with Crippen molar-refractivity contribution in [1.82, 2.24) is 0 Å². The van der Waals surface area contributed by atoms with E-state index in [9.17, 15) is 13.2 Å². The number of halogens is 3. The summed E-state index contributed by atoms with van der Waals surface area (Å²) in [7, 11) is 0. The number of alkyl halides is 3. The van der Waals surface area contributed by atoms with Gasteiger partial charge in [0.25, 0.3) is 0 Å². The fraction of sp³-hybridized carbons (Fsp3) is 0.500. The third-order valence-electron chi connectivity index (χ3n) is 1.72. The van der Waals surface area contributed by atoms with Gasteiger partial charge in [-0.3, -0.25) is 0 Å². The molecular formula is C8H10F3NOS. The van der Waals surface area contributed by atoms with Gasteiger partial charge in [0.15, 0.2) is 6.10 Å². The normalized spacial score (nSPS) is 14.1. The fourth-order valence-corrected chi connectivity index (χ4v) is 1.67. The lowest BCUT2D eigenvalue weighted by atomic mass is 10.3. The highest BCUT2D eigenvalue weighted by atomic mass is 32.1. The molecule has 0 amide bonds. The van der Waals surface area contributed by atoms with Crippen LogP contribution in [0.5, 0.6) is 0 Å². The average molecular weight is 225 g/mol. The molecule has 0 saturated heterocycles. The molecular weight excluding hydrogens is 215 g/mol. The number of anilines is 1. The van der Waals surface area contributed by atoms with Gasteiger partial charge in [0, 0.05) is 17.6 Å². The molecule has 0 spiro atoms. The van der Waals surface area contributed by atoms with Gasteiger partial charge in [-0.05, 0) is 17.9 Å². The smallest absolute Gasteiger partial charge is 0.382 e. The summed E-state index contributed by atoms with van der Waals surface area (Å²) < 4.78 is 35.7. The SMILES string of the molecule is Cc1cscc1NCC(O)C(F)(F)F. The molecule has 0 radical (unpaired) electrons. The van der Waals surface area contributed by atoms with E-state index < -0.39 is 18.8 Å². The van der Waals surface area contributed by atoms with E-state index in [-0.39, 0.29) is 0 Å². The van der Waals surface area contributed by atoms with Crippen LogP contribution in [0.15, 0.2) is 10.8 Å². The van der Waals surface area contributed by atoms with Crippen LogP contribution in [-0.2, 0) is 0 Å². The molecule has 1 atom stereocenters. The molecule has 0 bridgehead atoms. The van der Waals surface area contributed by atoms with E-state index in [1.807, 2.05) is 5.38 Å². The maximum Gasteiger partial charge on any atom is 0.416 e. The van der Waals surface area contributed by atoms with Crippen molar-refractivity contribution in [3.8, 4) is 0 Å². The molecule has 6 heteroatoms. The minimum absolute atomic E-state index is 0.513. The number of aliphatic hydroxyl groups excluding tert-OH is 1. The molecule has 0 aliphatic rings. The Bertz CT molecular complexity index is 297. The lowest BCUT2D eigenvalue weighted by molar-refractivity contribution is -0.198. The van der Waals surface area contributed by atoms with Gasteiger partial charge in [0.05, 0.1) is 0 Å². The summed E-state index contributed by atoms with van der Waals surface area (Å²) in [4.78, 5) is 0. The molecule has 2 nitrogen and oxygen atoms in total. The molecule has 1 unspecified atom stereocenters. The van der Waals surface area contributed by atoms with E-state index >= 15 is 0 Å². The van der Waals surface area contributed by atoms with Crippen molar-refractivity contribution in [2.75, 3.05) is 11.9 Å². The van der Waals surface area contributed by atoms with E-state index in [0.29, 0.717) is 5.69 Å². The van der Waals surface area contributed by atoms with E-state index in [1.54, 1.807) is 12.3 Å². The average Bonchev–Trinajstić information content (AvgIpc) is 2.45. The predicted octanol–water partition coefficient (Wildman–Crippen LogP) is 2.39. The number of aryl methyl sites for hydroxylation is 1. The Morgan fingerprint density at radius 3 is 2.57 bits per heavy atom. The lowest BCUT2D eigenvalue weighted by Crippen LogP contribution is -2.35. The van der Waals surface area contributed by atoms with Crippen LogP contribution in [0.25, 0.3) is 0 Å². The Kier molecular flexibility index (Phi) is 3.38. The quantitative estimate of drug-likeness (QED) is 0.827. The van der Waals surface area contributed by atoms with Crippen LogP contribution in [0.4, 0.5) is 18.9 Å². The first-order chi connectivity index (χ1) is 6.41. The Hall–Kier alpha value is -0.750. The number of hydrogen-bond acceptors (Lipinski definition) is 3. The van der Waals surface area contributed by atoms with E-state index in [2.05, 4.69) is 5.32 Å². The van der Waals surface area contributed by atoms with Crippen molar-refractivity contribution in [2.45, 2.75) is 19.2 Å². The standard InChI is InChI=1S/C8H10F3NOS/c1-5-3-14-4-6(5)12-2-7(13)8(9,10)11/h3-4,7,12-13H,2H2,1H3. The maximum atomic E-state index is 11.9. The van der Waals surface area contributed by atoms with E-state index in [4.69, 9.17) is 5.11 Å². The zero-order chi connectivity index (χ0) is 10.8. The third-order valence-corrected chi connectivity index (χ3v) is 2.58. The Labute approximate surface area is 83.4 Å². The van der Waals surface area contributed by atoms with Crippen LogP contribution in [0.3, 0.4) is 0 Å².